The Labute approximate surface area is 114 Å². The minimum atomic E-state index is -0.487. The molecule has 0 aliphatic rings. The highest BCUT2D eigenvalue weighted by atomic mass is 32.2. The van der Waals surface area contributed by atoms with E-state index in [9.17, 15) is 14.9 Å². The van der Waals surface area contributed by atoms with Gasteiger partial charge in [0.1, 0.15) is 10.0 Å². The fourth-order valence-corrected chi connectivity index (χ4v) is 4.23. The molecule has 9 heteroatoms. The molecule has 0 aliphatic carbocycles. The lowest BCUT2D eigenvalue weighted by molar-refractivity contribution is -0.387. The maximum Gasteiger partial charge on any atom is 0.294 e. The molecular weight excluding hydrogens is 294 g/mol. The van der Waals surface area contributed by atoms with E-state index in [1.54, 1.807) is 6.92 Å². The number of hydrogen-bond acceptors (Lipinski definition) is 8. The lowest BCUT2D eigenvalue weighted by atomic mass is 10.3. The van der Waals surface area contributed by atoms with Gasteiger partial charge in [0, 0.05) is 6.07 Å². The van der Waals surface area contributed by atoms with Crippen molar-refractivity contribution in [2.45, 2.75) is 22.4 Å². The number of thiophene rings is 1. The van der Waals surface area contributed by atoms with Gasteiger partial charge in [0.25, 0.3) is 5.69 Å². The number of ketones is 1. The number of rotatable bonds is 4. The second-order valence-electron chi connectivity index (χ2n) is 3.31. The summed E-state index contributed by atoms with van der Waals surface area (Å²) in [4.78, 5) is 26.2. The molecule has 0 aromatic carbocycles. The minimum Gasteiger partial charge on any atom is -0.294 e. The summed E-state index contributed by atoms with van der Waals surface area (Å²) in [6.45, 7) is 3.14. The fraction of sp³-hybridized carbons (Fsp3) is 0.222. The minimum absolute atomic E-state index is 0.0527. The third-order valence-corrected chi connectivity index (χ3v) is 5.17. The zero-order chi connectivity index (χ0) is 13.3. The molecule has 0 saturated carbocycles. The second-order valence-corrected chi connectivity index (χ2v) is 6.63. The van der Waals surface area contributed by atoms with Crippen LogP contribution in [0.2, 0.25) is 0 Å². The molecule has 0 unspecified atom stereocenters. The molecule has 2 aromatic heterocycles. The van der Waals surface area contributed by atoms with Crippen LogP contribution >= 0.6 is 34.6 Å². The van der Waals surface area contributed by atoms with Gasteiger partial charge >= 0.3 is 0 Å². The average Bonchev–Trinajstić information content (AvgIpc) is 2.85. The van der Waals surface area contributed by atoms with Gasteiger partial charge in [0.15, 0.2) is 10.1 Å². The first-order valence-corrected chi connectivity index (χ1v) is 7.15. The van der Waals surface area contributed by atoms with Crippen molar-refractivity contribution < 1.29 is 9.72 Å². The van der Waals surface area contributed by atoms with Crippen LogP contribution in [0, 0.1) is 17.0 Å². The molecule has 0 bridgehead atoms. The Balaban J connectivity index is 2.36. The largest absolute Gasteiger partial charge is 0.294 e. The first-order valence-electron chi connectivity index (χ1n) is 4.74. The van der Waals surface area contributed by atoms with Crippen molar-refractivity contribution in [2.75, 3.05) is 0 Å². The number of carbonyl (C=O) groups excluding carboxylic acids is 1. The summed E-state index contributed by atoms with van der Waals surface area (Å²) in [5, 5.41) is 10.9. The van der Waals surface area contributed by atoms with Crippen molar-refractivity contribution in [3.05, 3.63) is 26.9 Å². The summed E-state index contributed by atoms with van der Waals surface area (Å²) in [6.07, 6.45) is 0. The highest BCUT2D eigenvalue weighted by Crippen LogP contribution is 2.41. The van der Waals surface area contributed by atoms with Crippen molar-refractivity contribution >= 4 is 46.1 Å². The van der Waals surface area contributed by atoms with Gasteiger partial charge in [-0.05, 0) is 37.1 Å². The molecule has 18 heavy (non-hydrogen) atoms. The van der Waals surface area contributed by atoms with Gasteiger partial charge in [-0.15, -0.1) is 11.3 Å². The molecule has 0 aliphatic heterocycles. The first-order chi connectivity index (χ1) is 8.47. The summed E-state index contributed by atoms with van der Waals surface area (Å²) in [5.74, 6) is 0.455. The lowest BCUT2D eigenvalue weighted by Crippen LogP contribution is -1.87. The number of hydrogen-bond donors (Lipinski definition) is 0. The van der Waals surface area contributed by atoms with Gasteiger partial charge in [0.05, 0.1) is 9.80 Å². The van der Waals surface area contributed by atoms with E-state index in [0.717, 1.165) is 11.3 Å². The number of nitrogens with zero attached hydrogens (tertiary/aromatic N) is 3. The normalized spacial score (nSPS) is 10.6. The molecule has 0 atom stereocenters. The van der Waals surface area contributed by atoms with Gasteiger partial charge in [-0.1, -0.05) is 0 Å². The van der Waals surface area contributed by atoms with Crippen molar-refractivity contribution in [3.63, 3.8) is 0 Å². The van der Waals surface area contributed by atoms with Gasteiger partial charge in [-0.2, -0.15) is 4.37 Å². The van der Waals surface area contributed by atoms with E-state index in [1.165, 1.54) is 36.3 Å². The van der Waals surface area contributed by atoms with E-state index in [4.69, 9.17) is 0 Å². The van der Waals surface area contributed by atoms with Crippen LogP contribution in [0.5, 0.6) is 0 Å². The van der Waals surface area contributed by atoms with E-state index in [2.05, 4.69) is 9.36 Å². The van der Waals surface area contributed by atoms with Crippen LogP contribution in [-0.2, 0) is 0 Å². The molecule has 0 spiro atoms. The van der Waals surface area contributed by atoms with Crippen molar-refractivity contribution in [1.82, 2.24) is 9.36 Å². The van der Waals surface area contributed by atoms with Gasteiger partial charge < -0.3 is 0 Å². The Kier molecular flexibility index (Phi) is 3.73. The van der Waals surface area contributed by atoms with Crippen LogP contribution in [0.3, 0.4) is 0 Å². The smallest absolute Gasteiger partial charge is 0.294 e. The highest BCUT2D eigenvalue weighted by Gasteiger charge is 2.22. The summed E-state index contributed by atoms with van der Waals surface area (Å²) in [5.41, 5.74) is -0.0527. The number of nitro groups is 1. The third kappa shape index (κ3) is 2.74. The number of carbonyl (C=O) groups is 1. The molecule has 0 radical (unpaired) electrons. The number of aromatic nitrogens is 2. The fourth-order valence-electron chi connectivity index (χ4n) is 1.14. The Morgan fingerprint density at radius 3 is 2.78 bits per heavy atom. The Hall–Kier alpha value is -1.32. The zero-order valence-electron chi connectivity index (χ0n) is 9.37. The van der Waals surface area contributed by atoms with Gasteiger partial charge in [-0.25, -0.2) is 4.98 Å². The molecule has 94 valence electrons. The summed E-state index contributed by atoms with van der Waals surface area (Å²) in [6, 6.07) is 1.31. The molecule has 2 aromatic rings. The van der Waals surface area contributed by atoms with E-state index >= 15 is 0 Å². The van der Waals surface area contributed by atoms with Crippen LogP contribution in [0.4, 0.5) is 5.69 Å². The van der Waals surface area contributed by atoms with E-state index in [0.29, 0.717) is 19.3 Å². The molecule has 0 N–H and O–H groups in total. The maximum absolute atomic E-state index is 11.2. The average molecular weight is 301 g/mol. The highest BCUT2D eigenvalue weighted by molar-refractivity contribution is 8.02. The summed E-state index contributed by atoms with van der Waals surface area (Å²) < 4.78 is 5.10. The first kappa shape index (κ1) is 13.1. The van der Waals surface area contributed by atoms with Crippen LogP contribution in [0.15, 0.2) is 14.6 Å². The van der Waals surface area contributed by atoms with Crippen molar-refractivity contribution in [2.24, 2.45) is 0 Å². The Bertz CT molecular complexity index is 620. The summed E-state index contributed by atoms with van der Waals surface area (Å²) >= 11 is 3.47. The van der Waals surface area contributed by atoms with E-state index < -0.39 is 4.92 Å². The predicted molar refractivity (Wildman–Crippen MR) is 69.7 cm³/mol. The van der Waals surface area contributed by atoms with E-state index in [-0.39, 0.29) is 11.5 Å². The van der Waals surface area contributed by atoms with Gasteiger partial charge in [-0.3, -0.25) is 14.9 Å². The van der Waals surface area contributed by atoms with Crippen molar-refractivity contribution in [1.29, 1.82) is 0 Å². The van der Waals surface area contributed by atoms with Crippen LogP contribution in [0.25, 0.3) is 0 Å². The summed E-state index contributed by atoms with van der Waals surface area (Å²) in [7, 11) is 0. The van der Waals surface area contributed by atoms with Gasteiger partial charge in [0.2, 0.25) is 0 Å². The molecule has 0 amide bonds. The molecular formula is C9H7N3O3S3. The quantitative estimate of drug-likeness (QED) is 0.490. The molecule has 0 saturated heterocycles. The topological polar surface area (TPSA) is 86.0 Å². The Morgan fingerprint density at radius 2 is 2.28 bits per heavy atom. The maximum atomic E-state index is 11.2. The second kappa shape index (κ2) is 5.12. The standard InChI is InChI=1S/C9H7N3O3S3/c1-4(13)7-3-6(12(14)15)8(16-7)17-9-10-5(2)11-18-9/h3H,1-2H3. The third-order valence-electron chi connectivity index (χ3n) is 1.91. The van der Waals surface area contributed by atoms with Crippen LogP contribution in [-0.4, -0.2) is 20.1 Å². The molecule has 2 heterocycles. The molecule has 2 rings (SSSR count). The lowest BCUT2D eigenvalue weighted by Gasteiger charge is -1.91. The van der Waals surface area contributed by atoms with Crippen LogP contribution < -0.4 is 0 Å². The van der Waals surface area contributed by atoms with E-state index in [1.807, 2.05) is 0 Å². The number of Topliss-reactive ketones (excluding diaryl/α,β-unsaturated/α-hetero) is 1. The predicted octanol–water partition coefficient (Wildman–Crippen LogP) is 3.17. The van der Waals surface area contributed by atoms with Crippen molar-refractivity contribution in [3.8, 4) is 0 Å². The molecule has 0 fully saturated rings. The Morgan fingerprint density at radius 1 is 1.56 bits per heavy atom. The number of aryl methyl sites for hydroxylation is 1. The SMILES string of the molecule is CC(=O)c1cc([N+](=O)[O-])c(Sc2nc(C)ns2)s1. The zero-order valence-corrected chi connectivity index (χ0v) is 11.8. The van der Waals surface area contributed by atoms with Crippen LogP contribution in [0.1, 0.15) is 22.4 Å². The molecule has 6 nitrogen and oxygen atoms in total. The monoisotopic (exact) mass is 301 g/mol.